The molecule has 0 fully saturated rings. The Morgan fingerprint density at radius 2 is 1.40 bits per heavy atom. The molecule has 3 rings (SSSR count). The highest BCUT2D eigenvalue weighted by Gasteiger charge is 2.21. The van der Waals surface area contributed by atoms with Gasteiger partial charge in [-0.2, -0.15) is 0 Å². The summed E-state index contributed by atoms with van der Waals surface area (Å²) in [6, 6.07) is 16.1. The van der Waals surface area contributed by atoms with Crippen molar-refractivity contribution in [3.63, 3.8) is 0 Å². The summed E-state index contributed by atoms with van der Waals surface area (Å²) < 4.78 is 16.8. The molecule has 0 amide bonds. The second-order valence-corrected chi connectivity index (χ2v) is 7.05. The van der Waals surface area contributed by atoms with Crippen LogP contribution in [0.15, 0.2) is 48.5 Å². The number of aryl methyl sites for hydroxylation is 1. The Morgan fingerprint density at radius 1 is 0.700 bits per heavy atom. The number of hydrogen-bond donors (Lipinski definition) is 1. The van der Waals surface area contributed by atoms with Crippen LogP contribution in [0, 0.1) is 0 Å². The monoisotopic (exact) mass is 406 g/mol. The van der Waals surface area contributed by atoms with E-state index in [1.807, 2.05) is 36.4 Å². The van der Waals surface area contributed by atoms with Crippen molar-refractivity contribution in [2.45, 2.75) is 33.3 Å². The fourth-order valence-electron chi connectivity index (χ4n) is 4.11. The molecule has 4 nitrogen and oxygen atoms in total. The minimum atomic E-state index is -0.0854. The molecule has 0 radical (unpaired) electrons. The predicted molar refractivity (Wildman–Crippen MR) is 122 cm³/mol. The van der Waals surface area contributed by atoms with Gasteiger partial charge in [-0.1, -0.05) is 38.1 Å². The number of rotatable bonds is 8. The highest BCUT2D eigenvalue weighted by Crippen LogP contribution is 2.44. The SMILES string of the molecule is CCc1cccc(OC)c1-c1ccc(OC)c(-c2ccc(OC)cc2CO)c1CC. The van der Waals surface area contributed by atoms with E-state index in [-0.39, 0.29) is 6.61 Å². The quantitative estimate of drug-likeness (QED) is 0.524. The van der Waals surface area contributed by atoms with Crippen molar-refractivity contribution in [3.8, 4) is 39.5 Å². The molecule has 4 heteroatoms. The van der Waals surface area contributed by atoms with Gasteiger partial charge < -0.3 is 19.3 Å². The zero-order valence-electron chi connectivity index (χ0n) is 18.4. The molecule has 0 spiro atoms. The van der Waals surface area contributed by atoms with E-state index in [1.54, 1.807) is 21.3 Å². The average Bonchev–Trinajstić information content (AvgIpc) is 2.81. The molecule has 0 aliphatic heterocycles. The van der Waals surface area contributed by atoms with Crippen LogP contribution in [-0.2, 0) is 19.4 Å². The van der Waals surface area contributed by atoms with Crippen molar-refractivity contribution in [1.82, 2.24) is 0 Å². The van der Waals surface area contributed by atoms with E-state index in [1.165, 1.54) is 5.56 Å². The second kappa shape index (κ2) is 9.68. The molecule has 0 aromatic heterocycles. The van der Waals surface area contributed by atoms with Crippen molar-refractivity contribution in [2.75, 3.05) is 21.3 Å². The first kappa shape index (κ1) is 21.7. The molecule has 0 unspecified atom stereocenters. The summed E-state index contributed by atoms with van der Waals surface area (Å²) in [6.07, 6.45) is 1.71. The molecule has 0 atom stereocenters. The van der Waals surface area contributed by atoms with Gasteiger partial charge in [0.15, 0.2) is 0 Å². The van der Waals surface area contributed by atoms with Crippen LogP contribution in [-0.4, -0.2) is 26.4 Å². The maximum atomic E-state index is 10.1. The third-order valence-electron chi connectivity index (χ3n) is 5.58. The van der Waals surface area contributed by atoms with Gasteiger partial charge in [-0.05, 0) is 64.9 Å². The lowest BCUT2D eigenvalue weighted by Crippen LogP contribution is -2.02. The lowest BCUT2D eigenvalue weighted by atomic mass is 9.85. The summed E-state index contributed by atoms with van der Waals surface area (Å²) >= 11 is 0. The zero-order valence-corrected chi connectivity index (χ0v) is 18.4. The molecule has 158 valence electrons. The first-order valence-electron chi connectivity index (χ1n) is 10.3. The molecule has 0 heterocycles. The molecule has 30 heavy (non-hydrogen) atoms. The van der Waals surface area contributed by atoms with Crippen LogP contribution in [0.25, 0.3) is 22.3 Å². The van der Waals surface area contributed by atoms with Gasteiger partial charge in [0.05, 0.1) is 27.9 Å². The zero-order chi connectivity index (χ0) is 21.7. The van der Waals surface area contributed by atoms with Crippen molar-refractivity contribution >= 4 is 0 Å². The van der Waals surface area contributed by atoms with Gasteiger partial charge in [0.25, 0.3) is 0 Å². The normalized spacial score (nSPS) is 10.7. The Hall–Kier alpha value is -2.98. The van der Waals surface area contributed by atoms with Crippen LogP contribution < -0.4 is 14.2 Å². The van der Waals surface area contributed by atoms with Crippen LogP contribution in [0.3, 0.4) is 0 Å². The highest BCUT2D eigenvalue weighted by atomic mass is 16.5. The smallest absolute Gasteiger partial charge is 0.127 e. The summed E-state index contributed by atoms with van der Waals surface area (Å²) in [6.45, 7) is 4.21. The van der Waals surface area contributed by atoms with E-state index in [2.05, 4.69) is 26.0 Å². The Morgan fingerprint density at radius 3 is 2.00 bits per heavy atom. The standard InChI is InChI=1S/C26H30O4/c1-6-17-9-8-10-23(29-4)25(17)22-13-14-24(30-5)26(20(22)7-2)21-12-11-19(28-3)15-18(21)16-27/h8-15,27H,6-7,16H2,1-5H3. The Bertz CT molecular complexity index is 1000. The molecular formula is C26H30O4. The van der Waals surface area contributed by atoms with Crippen LogP contribution in [0.1, 0.15) is 30.5 Å². The molecule has 0 bridgehead atoms. The molecule has 0 saturated carbocycles. The van der Waals surface area contributed by atoms with Crippen molar-refractivity contribution < 1.29 is 19.3 Å². The third kappa shape index (κ3) is 3.88. The van der Waals surface area contributed by atoms with Crippen LogP contribution >= 0.6 is 0 Å². The first-order chi connectivity index (χ1) is 14.6. The lowest BCUT2D eigenvalue weighted by molar-refractivity contribution is 0.281. The summed E-state index contributed by atoms with van der Waals surface area (Å²) in [7, 11) is 5.02. The van der Waals surface area contributed by atoms with Gasteiger partial charge in [0.2, 0.25) is 0 Å². The van der Waals surface area contributed by atoms with Gasteiger partial charge in [-0.3, -0.25) is 0 Å². The average molecular weight is 407 g/mol. The maximum absolute atomic E-state index is 10.1. The number of benzene rings is 3. The maximum Gasteiger partial charge on any atom is 0.127 e. The fourth-order valence-corrected chi connectivity index (χ4v) is 4.11. The number of methoxy groups -OCH3 is 3. The van der Waals surface area contributed by atoms with Gasteiger partial charge in [-0.25, -0.2) is 0 Å². The van der Waals surface area contributed by atoms with Crippen LogP contribution in [0.5, 0.6) is 17.2 Å². The summed E-state index contributed by atoms with van der Waals surface area (Å²) in [5.41, 5.74) is 7.38. The molecular weight excluding hydrogens is 376 g/mol. The summed E-state index contributed by atoms with van der Waals surface area (Å²) in [5, 5.41) is 10.1. The van der Waals surface area contributed by atoms with Gasteiger partial charge in [0.1, 0.15) is 17.2 Å². The van der Waals surface area contributed by atoms with Gasteiger partial charge in [-0.15, -0.1) is 0 Å². The van der Waals surface area contributed by atoms with E-state index in [0.29, 0.717) is 5.75 Å². The Kier molecular flexibility index (Phi) is 7.01. The van der Waals surface area contributed by atoms with E-state index in [0.717, 1.165) is 57.7 Å². The molecule has 0 aliphatic rings. The minimum absolute atomic E-state index is 0.0854. The van der Waals surface area contributed by atoms with E-state index < -0.39 is 0 Å². The van der Waals surface area contributed by atoms with Gasteiger partial charge in [0, 0.05) is 11.1 Å². The molecule has 0 aliphatic carbocycles. The van der Waals surface area contributed by atoms with Crippen molar-refractivity contribution in [3.05, 3.63) is 65.2 Å². The predicted octanol–water partition coefficient (Wildman–Crippen LogP) is 5.66. The summed E-state index contributed by atoms with van der Waals surface area (Å²) in [5.74, 6) is 2.36. The number of aliphatic hydroxyl groups is 1. The van der Waals surface area contributed by atoms with E-state index in [4.69, 9.17) is 14.2 Å². The van der Waals surface area contributed by atoms with E-state index >= 15 is 0 Å². The fraction of sp³-hybridized carbons (Fsp3) is 0.308. The lowest BCUT2D eigenvalue weighted by Gasteiger charge is -2.22. The Labute approximate surface area is 179 Å². The van der Waals surface area contributed by atoms with Crippen molar-refractivity contribution in [1.29, 1.82) is 0 Å². The largest absolute Gasteiger partial charge is 0.497 e. The second-order valence-electron chi connectivity index (χ2n) is 7.05. The molecule has 0 saturated heterocycles. The molecule has 3 aromatic rings. The highest BCUT2D eigenvalue weighted by molar-refractivity contribution is 5.87. The third-order valence-corrected chi connectivity index (χ3v) is 5.58. The van der Waals surface area contributed by atoms with Crippen LogP contribution in [0.4, 0.5) is 0 Å². The molecule has 1 N–H and O–H groups in total. The number of hydrogen-bond acceptors (Lipinski definition) is 4. The van der Waals surface area contributed by atoms with E-state index in [9.17, 15) is 5.11 Å². The van der Waals surface area contributed by atoms with Crippen LogP contribution in [0.2, 0.25) is 0 Å². The minimum Gasteiger partial charge on any atom is -0.497 e. The number of aliphatic hydroxyl groups excluding tert-OH is 1. The Balaban J connectivity index is 2.38. The summed E-state index contributed by atoms with van der Waals surface area (Å²) in [4.78, 5) is 0. The molecule has 3 aromatic carbocycles. The topological polar surface area (TPSA) is 47.9 Å². The number of ether oxygens (including phenoxy) is 3. The van der Waals surface area contributed by atoms with Crippen molar-refractivity contribution in [2.24, 2.45) is 0 Å². The first-order valence-corrected chi connectivity index (χ1v) is 10.3. The van der Waals surface area contributed by atoms with Gasteiger partial charge >= 0.3 is 0 Å².